The monoisotopic (exact) mass is 149 g/mol. The molecular weight excluding hydrogens is 136 g/mol. The van der Waals surface area contributed by atoms with Gasteiger partial charge in [0.1, 0.15) is 0 Å². The Kier molecular flexibility index (Phi) is 4.55. The number of hydrogen-bond donors (Lipinski definition) is 4. The molecular formula is C6H13O4. The second-order valence-electron chi connectivity index (χ2n) is 2.17. The summed E-state index contributed by atoms with van der Waals surface area (Å²) in [4.78, 5) is 0. The van der Waals surface area contributed by atoms with Crippen LogP contribution in [0.3, 0.4) is 0 Å². The molecule has 0 aromatic carbocycles. The average molecular weight is 149 g/mol. The van der Waals surface area contributed by atoms with Gasteiger partial charge in [-0.25, -0.2) is 0 Å². The lowest BCUT2D eigenvalue weighted by Gasteiger charge is -2.15. The van der Waals surface area contributed by atoms with E-state index in [4.69, 9.17) is 20.4 Å². The van der Waals surface area contributed by atoms with Crippen LogP contribution in [-0.2, 0) is 0 Å². The van der Waals surface area contributed by atoms with E-state index < -0.39 is 24.9 Å². The molecule has 0 aliphatic heterocycles. The van der Waals surface area contributed by atoms with Crippen LogP contribution in [0.4, 0.5) is 0 Å². The maximum absolute atomic E-state index is 8.85. The normalized spacial score (nSPS) is 20.1. The minimum Gasteiger partial charge on any atom is -0.394 e. The van der Waals surface area contributed by atoms with Crippen molar-refractivity contribution in [3.63, 3.8) is 0 Å². The van der Waals surface area contributed by atoms with Gasteiger partial charge >= 0.3 is 0 Å². The molecule has 1 radical (unpaired) electrons. The Labute approximate surface area is 59.7 Å². The van der Waals surface area contributed by atoms with Crippen molar-refractivity contribution in [2.45, 2.75) is 25.2 Å². The van der Waals surface area contributed by atoms with E-state index in [2.05, 4.69) is 0 Å². The van der Waals surface area contributed by atoms with Gasteiger partial charge in [-0.2, -0.15) is 0 Å². The third-order valence-electron chi connectivity index (χ3n) is 1.10. The topological polar surface area (TPSA) is 80.9 Å². The molecule has 0 saturated carbocycles. The fraction of sp³-hybridized carbons (Fsp3) is 0.833. The van der Waals surface area contributed by atoms with Gasteiger partial charge in [-0.15, -0.1) is 0 Å². The molecule has 10 heavy (non-hydrogen) atoms. The molecule has 0 rings (SSSR count). The van der Waals surface area contributed by atoms with Crippen LogP contribution in [0.25, 0.3) is 0 Å². The quantitative estimate of drug-likeness (QED) is 0.383. The zero-order valence-electron chi connectivity index (χ0n) is 5.81. The molecule has 61 valence electrons. The highest BCUT2D eigenvalue weighted by atomic mass is 16.3. The Morgan fingerprint density at radius 3 is 2.10 bits per heavy atom. The van der Waals surface area contributed by atoms with Crippen LogP contribution in [0.1, 0.15) is 6.92 Å². The summed E-state index contributed by atoms with van der Waals surface area (Å²) < 4.78 is 0. The summed E-state index contributed by atoms with van der Waals surface area (Å²) in [5.41, 5.74) is 0. The smallest absolute Gasteiger partial charge is 0.0854 e. The highest BCUT2D eigenvalue weighted by Gasteiger charge is 2.15. The zero-order valence-corrected chi connectivity index (χ0v) is 5.81. The van der Waals surface area contributed by atoms with E-state index in [1.807, 2.05) is 0 Å². The van der Waals surface area contributed by atoms with Crippen LogP contribution < -0.4 is 0 Å². The van der Waals surface area contributed by atoms with Crippen molar-refractivity contribution in [2.75, 3.05) is 6.61 Å². The molecule has 0 aliphatic rings. The Bertz CT molecular complexity index is 83.8. The fourth-order valence-electron chi connectivity index (χ4n) is 0.449. The highest BCUT2D eigenvalue weighted by molar-refractivity contribution is 4.85. The first-order valence-electron chi connectivity index (χ1n) is 3.08. The fourth-order valence-corrected chi connectivity index (χ4v) is 0.449. The van der Waals surface area contributed by atoms with Gasteiger partial charge in [0.2, 0.25) is 0 Å². The molecule has 0 saturated heterocycles. The summed E-state index contributed by atoms with van der Waals surface area (Å²) in [5.74, 6) is 0. The molecule has 4 N–H and O–H groups in total. The SMILES string of the molecule is CC(O)C(O)[CH]C(O)CO. The lowest BCUT2D eigenvalue weighted by Crippen LogP contribution is -2.29. The maximum atomic E-state index is 8.85. The first kappa shape index (κ1) is 9.84. The third-order valence-corrected chi connectivity index (χ3v) is 1.10. The maximum Gasteiger partial charge on any atom is 0.0854 e. The van der Waals surface area contributed by atoms with Gasteiger partial charge in [-0.05, 0) is 6.92 Å². The van der Waals surface area contributed by atoms with Crippen LogP contribution in [0.2, 0.25) is 0 Å². The molecule has 0 heterocycles. The van der Waals surface area contributed by atoms with Crippen molar-refractivity contribution in [1.29, 1.82) is 0 Å². The van der Waals surface area contributed by atoms with Crippen molar-refractivity contribution < 1.29 is 20.4 Å². The van der Waals surface area contributed by atoms with Crippen molar-refractivity contribution in [3.05, 3.63) is 6.42 Å². The molecule has 0 aromatic rings. The van der Waals surface area contributed by atoms with E-state index in [1.54, 1.807) is 0 Å². The standard InChI is InChI=1S/C6H13O4/c1-4(8)6(10)2-5(9)3-7/h2,4-10H,3H2,1H3. The van der Waals surface area contributed by atoms with E-state index in [0.29, 0.717) is 0 Å². The second kappa shape index (κ2) is 4.62. The van der Waals surface area contributed by atoms with E-state index in [9.17, 15) is 0 Å². The van der Waals surface area contributed by atoms with E-state index in [0.717, 1.165) is 6.42 Å². The molecule has 0 amide bonds. The van der Waals surface area contributed by atoms with Crippen molar-refractivity contribution >= 4 is 0 Å². The molecule has 3 unspecified atom stereocenters. The predicted octanol–water partition coefficient (Wildman–Crippen LogP) is -1.71. The highest BCUT2D eigenvalue weighted by Crippen LogP contribution is 2.00. The predicted molar refractivity (Wildman–Crippen MR) is 35.1 cm³/mol. The minimum atomic E-state index is -1.08. The lowest BCUT2D eigenvalue weighted by molar-refractivity contribution is 0.0234. The van der Waals surface area contributed by atoms with Gasteiger partial charge in [-0.1, -0.05) is 0 Å². The summed E-state index contributed by atoms with van der Waals surface area (Å²) in [6, 6.07) is 0. The molecule has 4 nitrogen and oxygen atoms in total. The van der Waals surface area contributed by atoms with Crippen molar-refractivity contribution in [3.8, 4) is 0 Å². The average Bonchev–Trinajstić information content (AvgIpc) is 1.87. The van der Waals surface area contributed by atoms with Gasteiger partial charge < -0.3 is 20.4 Å². The summed E-state index contributed by atoms with van der Waals surface area (Å²) in [6.45, 7) is 0.953. The Morgan fingerprint density at radius 2 is 1.80 bits per heavy atom. The minimum absolute atomic E-state index is 0.441. The van der Waals surface area contributed by atoms with Gasteiger partial charge in [0.05, 0.1) is 24.9 Å². The molecule has 0 aromatic heterocycles. The van der Waals surface area contributed by atoms with Crippen molar-refractivity contribution in [2.24, 2.45) is 0 Å². The van der Waals surface area contributed by atoms with E-state index in [-0.39, 0.29) is 0 Å². The Balaban J connectivity index is 3.46. The summed E-state index contributed by atoms with van der Waals surface area (Å²) in [7, 11) is 0. The number of rotatable bonds is 4. The summed E-state index contributed by atoms with van der Waals surface area (Å²) in [6.07, 6.45) is -1.99. The van der Waals surface area contributed by atoms with Gasteiger partial charge in [0, 0.05) is 6.42 Å². The second-order valence-corrected chi connectivity index (χ2v) is 2.17. The van der Waals surface area contributed by atoms with Crippen LogP contribution in [0, 0.1) is 6.42 Å². The molecule has 4 heteroatoms. The van der Waals surface area contributed by atoms with Gasteiger partial charge in [0.25, 0.3) is 0 Å². The van der Waals surface area contributed by atoms with Gasteiger partial charge in [-0.3, -0.25) is 0 Å². The van der Waals surface area contributed by atoms with E-state index in [1.165, 1.54) is 6.92 Å². The summed E-state index contributed by atoms with van der Waals surface area (Å²) in [5, 5.41) is 34.5. The Hall–Kier alpha value is -0.160. The molecule has 3 atom stereocenters. The number of aliphatic hydroxyl groups is 4. The largest absolute Gasteiger partial charge is 0.394 e. The lowest BCUT2D eigenvalue weighted by atomic mass is 10.1. The number of hydrogen-bond acceptors (Lipinski definition) is 4. The van der Waals surface area contributed by atoms with Crippen LogP contribution >= 0.6 is 0 Å². The first-order valence-corrected chi connectivity index (χ1v) is 3.08. The Morgan fingerprint density at radius 1 is 1.30 bits per heavy atom. The van der Waals surface area contributed by atoms with Gasteiger partial charge in [0.15, 0.2) is 0 Å². The zero-order chi connectivity index (χ0) is 8.15. The molecule has 0 aliphatic carbocycles. The number of aliphatic hydroxyl groups excluding tert-OH is 4. The van der Waals surface area contributed by atoms with Crippen molar-refractivity contribution in [1.82, 2.24) is 0 Å². The molecule has 0 spiro atoms. The van der Waals surface area contributed by atoms with Crippen LogP contribution in [-0.4, -0.2) is 45.3 Å². The first-order chi connectivity index (χ1) is 4.57. The van der Waals surface area contributed by atoms with Crippen LogP contribution in [0.15, 0.2) is 0 Å². The van der Waals surface area contributed by atoms with Crippen LogP contribution in [0.5, 0.6) is 0 Å². The summed E-state index contributed by atoms with van der Waals surface area (Å²) >= 11 is 0. The third kappa shape index (κ3) is 3.79. The van der Waals surface area contributed by atoms with E-state index >= 15 is 0 Å². The molecule has 0 bridgehead atoms. The molecule has 0 fully saturated rings.